The van der Waals surface area contributed by atoms with Gasteiger partial charge >= 0.3 is 0 Å². The molecule has 2 heterocycles. The lowest BCUT2D eigenvalue weighted by Crippen LogP contribution is -2.07. The lowest BCUT2D eigenvalue weighted by molar-refractivity contribution is 0.898. The Morgan fingerprint density at radius 1 is 1.45 bits per heavy atom. The van der Waals surface area contributed by atoms with E-state index in [1.807, 2.05) is 17.8 Å². The molecule has 2 rings (SSSR count). The fourth-order valence-corrected chi connectivity index (χ4v) is 2.11. The molecule has 0 spiro atoms. The predicted octanol–water partition coefficient (Wildman–Crippen LogP) is 0.848. The van der Waals surface area contributed by atoms with E-state index in [1.54, 1.807) is 0 Å². The Morgan fingerprint density at radius 2 is 2.36 bits per heavy atom. The molecule has 0 bridgehead atoms. The first-order valence-corrected chi connectivity index (χ1v) is 4.70. The summed E-state index contributed by atoms with van der Waals surface area (Å²) in [5.41, 5.74) is 7.88. The maximum Gasteiger partial charge on any atom is 0.146 e. The molecule has 0 aromatic carbocycles. The van der Waals surface area contributed by atoms with Crippen LogP contribution in [0.4, 0.5) is 5.82 Å². The Labute approximate surface area is 69.4 Å². The van der Waals surface area contributed by atoms with Crippen molar-refractivity contribution in [3.63, 3.8) is 0 Å². The van der Waals surface area contributed by atoms with E-state index < -0.39 is 0 Å². The average molecular weight is 167 g/mol. The average Bonchev–Trinajstić information content (AvgIpc) is 2.04. The summed E-state index contributed by atoms with van der Waals surface area (Å²) in [6.07, 6.45) is 1.03. The summed E-state index contributed by atoms with van der Waals surface area (Å²) < 4.78 is 0. The topological polar surface area (TPSA) is 51.8 Å². The molecule has 58 valence electrons. The van der Waals surface area contributed by atoms with Crippen molar-refractivity contribution in [2.75, 3.05) is 11.5 Å². The van der Waals surface area contributed by atoms with Gasteiger partial charge in [-0.05, 0) is 17.4 Å². The van der Waals surface area contributed by atoms with Gasteiger partial charge in [-0.15, -0.1) is 5.10 Å². The van der Waals surface area contributed by atoms with Gasteiger partial charge in [0.1, 0.15) is 5.82 Å². The summed E-state index contributed by atoms with van der Waals surface area (Å²) in [5, 5.41) is 7.84. The van der Waals surface area contributed by atoms with Gasteiger partial charge in [-0.25, -0.2) is 0 Å². The van der Waals surface area contributed by atoms with Crippen molar-refractivity contribution in [1.29, 1.82) is 0 Å². The first-order chi connectivity index (χ1) is 5.36. The first kappa shape index (κ1) is 6.91. The molecular weight excluding hydrogens is 158 g/mol. The number of nitrogens with zero attached hydrogens (tertiary/aromatic N) is 2. The molecule has 1 aliphatic rings. The van der Waals surface area contributed by atoms with E-state index in [0.29, 0.717) is 5.82 Å². The molecule has 0 saturated carbocycles. The van der Waals surface area contributed by atoms with E-state index in [0.717, 1.165) is 23.6 Å². The highest BCUT2D eigenvalue weighted by molar-refractivity contribution is 7.98. The van der Waals surface area contributed by atoms with Crippen LogP contribution < -0.4 is 5.73 Å². The standard InChI is InChI=1S/C7H9N3S/c8-7-3-5-4-11-2-1-6(5)9-10-7/h3H,1-2,4H2,(H2,8,10). The van der Waals surface area contributed by atoms with Crippen LogP contribution in [0.1, 0.15) is 11.3 Å². The van der Waals surface area contributed by atoms with Crippen molar-refractivity contribution < 1.29 is 0 Å². The van der Waals surface area contributed by atoms with Crippen molar-refractivity contribution >= 4 is 17.6 Å². The zero-order chi connectivity index (χ0) is 7.68. The Morgan fingerprint density at radius 3 is 3.27 bits per heavy atom. The highest BCUT2D eigenvalue weighted by Crippen LogP contribution is 2.22. The Hall–Kier alpha value is -0.770. The minimum atomic E-state index is 0.534. The Kier molecular flexibility index (Phi) is 1.69. The van der Waals surface area contributed by atoms with Crippen molar-refractivity contribution in [2.24, 2.45) is 0 Å². The molecule has 3 nitrogen and oxygen atoms in total. The SMILES string of the molecule is Nc1cc2c(nn1)CCSC2. The monoisotopic (exact) mass is 167 g/mol. The van der Waals surface area contributed by atoms with Gasteiger partial charge in [-0.2, -0.15) is 16.9 Å². The summed E-state index contributed by atoms with van der Waals surface area (Å²) in [4.78, 5) is 0. The lowest BCUT2D eigenvalue weighted by Gasteiger charge is -2.12. The molecule has 1 aromatic rings. The lowest BCUT2D eigenvalue weighted by atomic mass is 10.2. The molecule has 0 atom stereocenters. The van der Waals surface area contributed by atoms with Gasteiger partial charge in [-0.3, -0.25) is 0 Å². The fraction of sp³-hybridized carbons (Fsp3) is 0.429. The molecule has 0 unspecified atom stereocenters. The summed E-state index contributed by atoms with van der Waals surface area (Å²) in [7, 11) is 0. The van der Waals surface area contributed by atoms with Crippen LogP contribution in [0.2, 0.25) is 0 Å². The van der Waals surface area contributed by atoms with Gasteiger partial charge in [0.15, 0.2) is 0 Å². The third kappa shape index (κ3) is 1.30. The number of fused-ring (bicyclic) bond motifs is 1. The molecule has 4 heteroatoms. The molecule has 0 amide bonds. The van der Waals surface area contributed by atoms with Crippen molar-refractivity contribution in [3.8, 4) is 0 Å². The number of thioether (sulfide) groups is 1. The van der Waals surface area contributed by atoms with E-state index in [4.69, 9.17) is 5.73 Å². The number of rotatable bonds is 0. The van der Waals surface area contributed by atoms with Gasteiger partial charge in [-0.1, -0.05) is 0 Å². The second-order valence-corrected chi connectivity index (χ2v) is 3.65. The molecule has 2 N–H and O–H groups in total. The molecule has 1 aromatic heterocycles. The van der Waals surface area contributed by atoms with Gasteiger partial charge in [0.05, 0.1) is 5.69 Å². The molecule has 1 aliphatic heterocycles. The van der Waals surface area contributed by atoms with Crippen LogP contribution in [-0.2, 0) is 12.2 Å². The third-order valence-corrected chi connectivity index (χ3v) is 2.73. The molecule has 11 heavy (non-hydrogen) atoms. The fourth-order valence-electron chi connectivity index (χ4n) is 1.16. The largest absolute Gasteiger partial charge is 0.382 e. The summed E-state index contributed by atoms with van der Waals surface area (Å²) in [5.74, 6) is 2.73. The minimum absolute atomic E-state index is 0.534. The summed E-state index contributed by atoms with van der Waals surface area (Å²) in [6.45, 7) is 0. The van der Waals surface area contributed by atoms with Crippen LogP contribution in [0.3, 0.4) is 0 Å². The first-order valence-electron chi connectivity index (χ1n) is 3.55. The quantitative estimate of drug-likeness (QED) is 0.622. The second kappa shape index (κ2) is 2.70. The predicted molar refractivity (Wildman–Crippen MR) is 46.3 cm³/mol. The smallest absolute Gasteiger partial charge is 0.146 e. The van der Waals surface area contributed by atoms with Crippen molar-refractivity contribution in [3.05, 3.63) is 17.3 Å². The van der Waals surface area contributed by atoms with Gasteiger partial charge < -0.3 is 5.73 Å². The number of hydrogen-bond acceptors (Lipinski definition) is 4. The molecule has 0 saturated heterocycles. The normalized spacial score (nSPS) is 16.0. The maximum atomic E-state index is 5.50. The van der Waals surface area contributed by atoms with E-state index in [2.05, 4.69) is 10.2 Å². The highest BCUT2D eigenvalue weighted by atomic mass is 32.2. The van der Waals surface area contributed by atoms with Crippen LogP contribution in [0.25, 0.3) is 0 Å². The molecular formula is C7H9N3S. The number of anilines is 1. The number of hydrogen-bond donors (Lipinski definition) is 1. The van der Waals surface area contributed by atoms with Gasteiger partial charge in [0.2, 0.25) is 0 Å². The number of nitrogens with two attached hydrogens (primary N) is 1. The van der Waals surface area contributed by atoms with E-state index in [-0.39, 0.29) is 0 Å². The molecule has 0 aliphatic carbocycles. The van der Waals surface area contributed by atoms with Crippen molar-refractivity contribution in [2.45, 2.75) is 12.2 Å². The van der Waals surface area contributed by atoms with E-state index in [9.17, 15) is 0 Å². The van der Waals surface area contributed by atoms with Crippen LogP contribution >= 0.6 is 11.8 Å². The van der Waals surface area contributed by atoms with Gasteiger partial charge in [0, 0.05) is 12.2 Å². The van der Waals surface area contributed by atoms with E-state index in [1.165, 1.54) is 5.56 Å². The third-order valence-electron chi connectivity index (χ3n) is 1.72. The second-order valence-electron chi connectivity index (χ2n) is 2.54. The highest BCUT2D eigenvalue weighted by Gasteiger charge is 2.10. The van der Waals surface area contributed by atoms with E-state index >= 15 is 0 Å². The zero-order valence-corrected chi connectivity index (χ0v) is 6.90. The summed E-state index contributed by atoms with van der Waals surface area (Å²) in [6, 6.07) is 1.93. The number of aromatic nitrogens is 2. The van der Waals surface area contributed by atoms with Crippen LogP contribution in [0.15, 0.2) is 6.07 Å². The zero-order valence-electron chi connectivity index (χ0n) is 6.08. The van der Waals surface area contributed by atoms with Gasteiger partial charge in [0.25, 0.3) is 0 Å². The van der Waals surface area contributed by atoms with Crippen LogP contribution in [0, 0.1) is 0 Å². The number of nitrogen functional groups attached to an aromatic ring is 1. The summed E-state index contributed by atoms with van der Waals surface area (Å²) >= 11 is 1.92. The molecule has 0 fully saturated rings. The Balaban J connectivity index is 2.43. The Bertz CT molecular complexity index is 274. The van der Waals surface area contributed by atoms with Crippen LogP contribution in [0.5, 0.6) is 0 Å². The number of aryl methyl sites for hydroxylation is 1. The maximum absolute atomic E-state index is 5.50. The minimum Gasteiger partial charge on any atom is -0.382 e. The molecule has 0 radical (unpaired) electrons. The van der Waals surface area contributed by atoms with Crippen molar-refractivity contribution in [1.82, 2.24) is 10.2 Å². The van der Waals surface area contributed by atoms with Crippen LogP contribution in [-0.4, -0.2) is 16.0 Å².